The van der Waals surface area contributed by atoms with Gasteiger partial charge in [0.2, 0.25) is 0 Å². The first-order chi connectivity index (χ1) is 15.7. The van der Waals surface area contributed by atoms with Gasteiger partial charge in [-0.1, -0.05) is 23.7 Å². The molecule has 1 fully saturated rings. The molecule has 4 rings (SSSR count). The summed E-state index contributed by atoms with van der Waals surface area (Å²) in [7, 11) is 1.54. The molecule has 1 saturated heterocycles. The van der Waals surface area contributed by atoms with Crippen LogP contribution >= 0.6 is 11.6 Å². The van der Waals surface area contributed by atoms with Crippen LogP contribution in [0.4, 0.5) is 20.2 Å². The Kier molecular flexibility index (Phi) is 6.51. The van der Waals surface area contributed by atoms with Crippen LogP contribution < -0.4 is 10.9 Å². The van der Waals surface area contributed by atoms with Gasteiger partial charge in [0.05, 0.1) is 11.3 Å². The monoisotopic (exact) mass is 471 g/mol. The Morgan fingerprint density at radius 3 is 2.33 bits per heavy atom. The molecular weight excluding hydrogens is 448 g/mol. The summed E-state index contributed by atoms with van der Waals surface area (Å²) in [6.45, 7) is 2.77. The molecule has 2 aromatic carbocycles. The van der Waals surface area contributed by atoms with Crippen molar-refractivity contribution in [2.45, 2.75) is 25.7 Å². The molecule has 8 heteroatoms. The molecule has 0 unspecified atom stereocenters. The number of pyridine rings is 1. The summed E-state index contributed by atoms with van der Waals surface area (Å²) in [5.41, 5.74) is 2.26. The van der Waals surface area contributed by atoms with E-state index in [9.17, 15) is 18.4 Å². The minimum atomic E-state index is -0.439. The van der Waals surface area contributed by atoms with Crippen LogP contribution in [-0.4, -0.2) is 28.5 Å². The van der Waals surface area contributed by atoms with Gasteiger partial charge in [0.25, 0.3) is 11.5 Å². The van der Waals surface area contributed by atoms with Crippen molar-refractivity contribution < 1.29 is 13.6 Å². The van der Waals surface area contributed by atoms with Crippen LogP contribution in [0.2, 0.25) is 5.02 Å². The maximum absolute atomic E-state index is 13.5. The summed E-state index contributed by atoms with van der Waals surface area (Å²) in [6.07, 6.45) is 2.97. The van der Waals surface area contributed by atoms with E-state index in [2.05, 4.69) is 5.32 Å². The highest BCUT2D eigenvalue weighted by molar-refractivity contribution is 6.34. The van der Waals surface area contributed by atoms with Gasteiger partial charge in [-0.3, -0.25) is 9.59 Å². The van der Waals surface area contributed by atoms with Crippen molar-refractivity contribution in [3.8, 4) is 0 Å². The van der Waals surface area contributed by atoms with Gasteiger partial charge in [-0.15, -0.1) is 0 Å². The van der Waals surface area contributed by atoms with Crippen LogP contribution in [0.3, 0.4) is 0 Å². The van der Waals surface area contributed by atoms with E-state index in [1.165, 1.54) is 35.0 Å². The minimum Gasteiger partial charge on any atom is -0.353 e. The zero-order valence-corrected chi connectivity index (χ0v) is 19.1. The summed E-state index contributed by atoms with van der Waals surface area (Å²) in [5.74, 6) is -0.645. The van der Waals surface area contributed by atoms with Crippen molar-refractivity contribution in [2.75, 3.05) is 18.4 Å². The number of hydrogen-bond acceptors (Lipinski definition) is 3. The second kappa shape index (κ2) is 9.35. The number of aryl methyl sites for hydroxylation is 2. The molecule has 172 valence electrons. The van der Waals surface area contributed by atoms with Gasteiger partial charge in [-0.2, -0.15) is 0 Å². The molecule has 2 heterocycles. The number of nitrogens with zero attached hydrogens (tertiary/aromatic N) is 2. The van der Waals surface area contributed by atoms with Crippen LogP contribution in [0.25, 0.3) is 0 Å². The molecule has 0 spiro atoms. The van der Waals surface area contributed by atoms with Crippen LogP contribution in [0, 0.1) is 18.6 Å². The molecule has 0 aliphatic carbocycles. The van der Waals surface area contributed by atoms with Crippen LogP contribution in [0.5, 0.6) is 0 Å². The first-order valence-electron chi connectivity index (χ1n) is 10.7. The number of likely N-dealkylation sites (tertiary alicyclic amines) is 1. The quantitative estimate of drug-likeness (QED) is 0.555. The molecule has 1 amide bonds. The highest BCUT2D eigenvalue weighted by atomic mass is 35.5. The smallest absolute Gasteiger partial charge is 0.271 e. The third-order valence-electron chi connectivity index (χ3n) is 6.12. The van der Waals surface area contributed by atoms with E-state index in [1.54, 1.807) is 37.1 Å². The first-order valence-corrected chi connectivity index (χ1v) is 11.1. The van der Waals surface area contributed by atoms with Gasteiger partial charge in [-0.25, -0.2) is 8.78 Å². The van der Waals surface area contributed by atoms with Crippen LogP contribution in [0.1, 0.15) is 40.2 Å². The molecule has 0 atom stereocenters. The third-order valence-corrected chi connectivity index (χ3v) is 6.47. The average Bonchev–Trinajstić information content (AvgIpc) is 2.81. The summed E-state index contributed by atoms with van der Waals surface area (Å²) in [6, 6.07) is 10.7. The Hall–Kier alpha value is -3.19. The van der Waals surface area contributed by atoms with E-state index < -0.39 is 5.56 Å². The zero-order valence-electron chi connectivity index (χ0n) is 18.4. The van der Waals surface area contributed by atoms with Gasteiger partial charge < -0.3 is 14.8 Å². The number of carbonyl (C=O) groups is 1. The first kappa shape index (κ1) is 23.0. The molecule has 0 radical (unpaired) electrons. The molecule has 1 aromatic heterocycles. The van der Waals surface area contributed by atoms with Crippen molar-refractivity contribution >= 4 is 28.9 Å². The van der Waals surface area contributed by atoms with Crippen molar-refractivity contribution in [1.29, 1.82) is 0 Å². The van der Waals surface area contributed by atoms with Crippen molar-refractivity contribution in [3.05, 3.63) is 92.4 Å². The molecule has 0 bridgehead atoms. The topological polar surface area (TPSA) is 54.3 Å². The number of amides is 1. The Labute approximate surface area is 195 Å². The van der Waals surface area contributed by atoms with E-state index >= 15 is 0 Å². The Bertz CT molecular complexity index is 1250. The maximum atomic E-state index is 13.5. The SMILES string of the molecule is Cc1cc(F)ccc1Nc1c(C(=O)N2CCC(c3ccc(F)cc3)CC2)cn(C)c(=O)c1Cl. The fourth-order valence-corrected chi connectivity index (χ4v) is 4.49. The lowest BCUT2D eigenvalue weighted by atomic mass is 9.89. The lowest BCUT2D eigenvalue weighted by Gasteiger charge is -2.33. The lowest BCUT2D eigenvalue weighted by molar-refractivity contribution is 0.0713. The lowest BCUT2D eigenvalue weighted by Crippen LogP contribution is -2.39. The predicted octanol–water partition coefficient (Wildman–Crippen LogP) is 5.39. The van der Waals surface area contributed by atoms with Gasteiger partial charge in [0, 0.05) is 32.0 Å². The highest BCUT2D eigenvalue weighted by Gasteiger charge is 2.28. The highest BCUT2D eigenvalue weighted by Crippen LogP contribution is 2.32. The van der Waals surface area contributed by atoms with Crippen molar-refractivity contribution in [1.82, 2.24) is 9.47 Å². The number of hydrogen-bond donors (Lipinski definition) is 1. The third kappa shape index (κ3) is 4.78. The van der Waals surface area contributed by atoms with E-state index in [0.717, 1.165) is 18.4 Å². The fourth-order valence-electron chi connectivity index (χ4n) is 4.20. The number of anilines is 2. The average molecular weight is 472 g/mol. The molecule has 5 nitrogen and oxygen atoms in total. The maximum Gasteiger partial charge on any atom is 0.271 e. The number of aromatic nitrogens is 1. The minimum absolute atomic E-state index is 0.103. The number of benzene rings is 2. The largest absolute Gasteiger partial charge is 0.353 e. The molecule has 1 N–H and O–H groups in total. The van der Waals surface area contributed by atoms with Gasteiger partial charge >= 0.3 is 0 Å². The molecule has 1 aliphatic rings. The molecule has 1 aliphatic heterocycles. The van der Waals surface area contributed by atoms with E-state index in [1.807, 2.05) is 0 Å². The van der Waals surface area contributed by atoms with Gasteiger partial charge in [0.15, 0.2) is 0 Å². The number of rotatable bonds is 4. The molecule has 0 saturated carbocycles. The summed E-state index contributed by atoms with van der Waals surface area (Å²) < 4.78 is 28.0. The number of halogens is 3. The fraction of sp³-hybridized carbons (Fsp3) is 0.280. The number of carbonyl (C=O) groups excluding carboxylic acids is 1. The zero-order chi connectivity index (χ0) is 23.7. The second-order valence-electron chi connectivity index (χ2n) is 8.35. The predicted molar refractivity (Wildman–Crippen MR) is 125 cm³/mol. The molecule has 3 aromatic rings. The normalized spacial score (nSPS) is 14.4. The Morgan fingerprint density at radius 1 is 1.06 bits per heavy atom. The summed E-state index contributed by atoms with van der Waals surface area (Å²) in [4.78, 5) is 27.7. The second-order valence-corrected chi connectivity index (χ2v) is 8.73. The van der Waals surface area contributed by atoms with Crippen molar-refractivity contribution in [3.63, 3.8) is 0 Å². The Morgan fingerprint density at radius 2 is 1.70 bits per heavy atom. The Balaban J connectivity index is 1.59. The molecular formula is C25H24ClF2N3O2. The standard InChI is InChI=1S/C25H24ClF2N3O2/c1-15-13-19(28)7-8-21(15)29-23-20(14-30(2)25(33)22(23)26)24(32)31-11-9-17(10-12-31)16-3-5-18(27)6-4-16/h3-8,13-14,17,29H,9-12H2,1-2H3. The van der Waals surface area contributed by atoms with Crippen LogP contribution in [-0.2, 0) is 7.05 Å². The molecule has 33 heavy (non-hydrogen) atoms. The van der Waals surface area contributed by atoms with E-state index in [-0.39, 0.29) is 39.7 Å². The van der Waals surface area contributed by atoms with Gasteiger partial charge in [-0.05, 0) is 67.1 Å². The van der Waals surface area contributed by atoms with Crippen LogP contribution in [0.15, 0.2) is 53.5 Å². The summed E-state index contributed by atoms with van der Waals surface area (Å²) in [5, 5.41) is 2.97. The summed E-state index contributed by atoms with van der Waals surface area (Å²) >= 11 is 6.36. The van der Waals surface area contributed by atoms with Crippen molar-refractivity contribution in [2.24, 2.45) is 7.05 Å². The van der Waals surface area contributed by atoms with Gasteiger partial charge in [0.1, 0.15) is 16.7 Å². The van der Waals surface area contributed by atoms with E-state index in [4.69, 9.17) is 11.6 Å². The van der Waals surface area contributed by atoms with E-state index in [0.29, 0.717) is 24.3 Å². The number of piperidine rings is 1. The number of nitrogens with one attached hydrogen (secondary N) is 1.